The van der Waals surface area contributed by atoms with Crippen molar-refractivity contribution in [1.82, 2.24) is 15.0 Å². The maximum Gasteiger partial charge on any atom is 0.387 e. The van der Waals surface area contributed by atoms with Crippen LogP contribution in [0.15, 0.2) is 42.5 Å². The van der Waals surface area contributed by atoms with Gasteiger partial charge in [0, 0.05) is 5.69 Å². The number of alkyl halides is 2. The number of aromatic nitrogens is 3. The third-order valence-corrected chi connectivity index (χ3v) is 4.05. The fourth-order valence-electron chi connectivity index (χ4n) is 2.69. The van der Waals surface area contributed by atoms with Gasteiger partial charge in [-0.25, -0.2) is 4.68 Å². The minimum atomic E-state index is -2.88. The van der Waals surface area contributed by atoms with Gasteiger partial charge in [-0.1, -0.05) is 22.9 Å². The molecule has 0 atom stereocenters. The predicted octanol–water partition coefficient (Wildman–Crippen LogP) is 4.05. The van der Waals surface area contributed by atoms with Crippen LogP contribution in [0.25, 0.3) is 5.69 Å². The lowest BCUT2D eigenvalue weighted by atomic mass is 10.1. The summed E-state index contributed by atoms with van der Waals surface area (Å²) in [5.74, 6) is -0.331. The highest BCUT2D eigenvalue weighted by Crippen LogP contribution is 2.20. The molecule has 6 nitrogen and oxygen atoms in total. The first-order valence-corrected chi connectivity index (χ1v) is 8.21. The van der Waals surface area contributed by atoms with Crippen molar-refractivity contribution in [2.45, 2.75) is 27.4 Å². The molecule has 0 saturated carbocycles. The molecular formula is C19H18F2N4O2. The lowest BCUT2D eigenvalue weighted by Crippen LogP contribution is -2.15. The molecule has 0 aliphatic carbocycles. The number of nitrogens with one attached hydrogen (secondary N) is 1. The van der Waals surface area contributed by atoms with Gasteiger partial charge in [0.05, 0.1) is 11.4 Å². The number of rotatable bonds is 5. The van der Waals surface area contributed by atoms with Crippen molar-refractivity contribution in [3.8, 4) is 11.4 Å². The van der Waals surface area contributed by atoms with Gasteiger partial charge in [0.25, 0.3) is 5.91 Å². The average molecular weight is 372 g/mol. The molecule has 0 aliphatic rings. The number of halogens is 2. The van der Waals surface area contributed by atoms with Gasteiger partial charge >= 0.3 is 6.61 Å². The Kier molecular flexibility index (Phi) is 5.16. The van der Waals surface area contributed by atoms with Crippen LogP contribution >= 0.6 is 0 Å². The fraction of sp³-hybridized carbons (Fsp3) is 0.211. The van der Waals surface area contributed by atoms with Gasteiger partial charge in [-0.3, -0.25) is 4.79 Å². The van der Waals surface area contributed by atoms with Gasteiger partial charge in [-0.05, 0) is 56.7 Å². The van der Waals surface area contributed by atoms with E-state index in [-0.39, 0.29) is 17.4 Å². The normalized spacial score (nSPS) is 10.9. The van der Waals surface area contributed by atoms with Crippen molar-refractivity contribution in [2.75, 3.05) is 5.32 Å². The van der Waals surface area contributed by atoms with Crippen LogP contribution in [-0.4, -0.2) is 27.5 Å². The van der Waals surface area contributed by atoms with E-state index < -0.39 is 6.61 Å². The van der Waals surface area contributed by atoms with Gasteiger partial charge in [0.1, 0.15) is 5.75 Å². The number of benzene rings is 2. The van der Waals surface area contributed by atoms with Crippen molar-refractivity contribution in [3.63, 3.8) is 0 Å². The lowest BCUT2D eigenvalue weighted by Gasteiger charge is -2.09. The second-order valence-electron chi connectivity index (χ2n) is 6.08. The van der Waals surface area contributed by atoms with Crippen LogP contribution in [0.3, 0.4) is 0 Å². The van der Waals surface area contributed by atoms with Crippen molar-refractivity contribution >= 4 is 11.6 Å². The number of amides is 1. The van der Waals surface area contributed by atoms with E-state index in [0.29, 0.717) is 17.1 Å². The van der Waals surface area contributed by atoms with Crippen molar-refractivity contribution in [1.29, 1.82) is 0 Å². The Bertz CT molecular complexity index is 968. The molecule has 140 valence electrons. The summed E-state index contributed by atoms with van der Waals surface area (Å²) in [4.78, 5) is 12.6. The van der Waals surface area contributed by atoms with Crippen LogP contribution in [0.4, 0.5) is 14.5 Å². The number of carbonyl (C=O) groups excluding carboxylic acids is 1. The number of aryl methyl sites for hydroxylation is 2. The summed E-state index contributed by atoms with van der Waals surface area (Å²) in [6.45, 7) is 2.71. The molecule has 27 heavy (non-hydrogen) atoms. The highest BCUT2D eigenvalue weighted by atomic mass is 19.3. The molecule has 0 fully saturated rings. The Balaban J connectivity index is 1.81. The zero-order chi connectivity index (χ0) is 19.6. The van der Waals surface area contributed by atoms with Gasteiger partial charge in [-0.2, -0.15) is 8.78 Å². The number of carbonyl (C=O) groups is 1. The fourth-order valence-corrected chi connectivity index (χ4v) is 2.69. The summed E-state index contributed by atoms with van der Waals surface area (Å²) in [7, 11) is 0. The van der Waals surface area contributed by atoms with E-state index in [4.69, 9.17) is 0 Å². The Morgan fingerprint density at radius 1 is 1.11 bits per heavy atom. The Labute approximate surface area is 154 Å². The summed E-state index contributed by atoms with van der Waals surface area (Å²) in [6.07, 6.45) is 0. The summed E-state index contributed by atoms with van der Waals surface area (Å²) in [5.41, 5.74) is 4.04. The van der Waals surface area contributed by atoms with Crippen LogP contribution < -0.4 is 10.1 Å². The number of hydrogen-bond acceptors (Lipinski definition) is 4. The monoisotopic (exact) mass is 372 g/mol. The maximum atomic E-state index is 12.6. The number of anilines is 1. The molecule has 1 heterocycles. The standard InChI is InChI=1S/C19H18F2N4O2/c1-11-4-9-16(12(2)10-11)22-18(26)17-13(3)25(24-23-17)14-5-7-15(8-6-14)27-19(20)21/h4-10,19H,1-3H3,(H,22,26). The third-order valence-electron chi connectivity index (χ3n) is 4.05. The van der Waals surface area contributed by atoms with Gasteiger partial charge in [-0.15, -0.1) is 5.10 Å². The second kappa shape index (κ2) is 7.53. The highest BCUT2D eigenvalue weighted by Gasteiger charge is 2.18. The molecule has 0 radical (unpaired) electrons. The molecule has 0 aliphatic heterocycles. The predicted molar refractivity (Wildman–Crippen MR) is 96.6 cm³/mol. The summed E-state index contributed by atoms with van der Waals surface area (Å²) >= 11 is 0. The second-order valence-corrected chi connectivity index (χ2v) is 6.08. The van der Waals surface area contributed by atoms with Crippen LogP contribution in [-0.2, 0) is 0 Å². The lowest BCUT2D eigenvalue weighted by molar-refractivity contribution is -0.0498. The van der Waals surface area contributed by atoms with Gasteiger partial charge in [0.2, 0.25) is 0 Å². The molecule has 2 aromatic carbocycles. The first-order valence-electron chi connectivity index (χ1n) is 8.21. The van der Waals surface area contributed by atoms with Crippen LogP contribution in [0.5, 0.6) is 5.75 Å². The smallest absolute Gasteiger partial charge is 0.387 e. The van der Waals surface area contributed by atoms with E-state index in [9.17, 15) is 13.6 Å². The van der Waals surface area contributed by atoms with E-state index in [1.54, 1.807) is 19.1 Å². The van der Waals surface area contributed by atoms with Crippen LogP contribution in [0.1, 0.15) is 27.3 Å². The molecule has 1 N–H and O–H groups in total. The van der Waals surface area contributed by atoms with E-state index >= 15 is 0 Å². The maximum absolute atomic E-state index is 12.6. The van der Waals surface area contributed by atoms with E-state index in [0.717, 1.165) is 11.1 Å². The highest BCUT2D eigenvalue weighted by molar-refractivity contribution is 6.04. The zero-order valence-corrected chi connectivity index (χ0v) is 15.0. The molecular weight excluding hydrogens is 354 g/mol. The molecule has 3 aromatic rings. The molecule has 0 spiro atoms. The SMILES string of the molecule is Cc1ccc(NC(=O)c2nnn(-c3ccc(OC(F)F)cc3)c2C)c(C)c1. The number of ether oxygens (including phenoxy) is 1. The van der Waals surface area contributed by atoms with E-state index in [1.807, 2.05) is 32.0 Å². The van der Waals surface area contributed by atoms with Crippen LogP contribution in [0, 0.1) is 20.8 Å². The van der Waals surface area contributed by atoms with Gasteiger partial charge < -0.3 is 10.1 Å². The van der Waals surface area contributed by atoms with E-state index in [1.165, 1.54) is 16.8 Å². The summed E-state index contributed by atoms with van der Waals surface area (Å²) < 4.78 is 30.3. The van der Waals surface area contributed by atoms with Crippen LogP contribution in [0.2, 0.25) is 0 Å². The molecule has 3 rings (SSSR count). The Morgan fingerprint density at radius 3 is 2.44 bits per heavy atom. The molecule has 1 aromatic heterocycles. The first-order chi connectivity index (χ1) is 12.8. The van der Waals surface area contributed by atoms with E-state index in [2.05, 4.69) is 20.4 Å². The Morgan fingerprint density at radius 2 is 1.81 bits per heavy atom. The minimum absolute atomic E-state index is 0.0410. The average Bonchev–Trinajstić information content (AvgIpc) is 2.99. The molecule has 0 bridgehead atoms. The van der Waals surface area contributed by atoms with Crippen molar-refractivity contribution in [3.05, 3.63) is 65.0 Å². The molecule has 1 amide bonds. The Hall–Kier alpha value is -3.29. The quantitative estimate of drug-likeness (QED) is 0.734. The molecule has 8 heteroatoms. The zero-order valence-electron chi connectivity index (χ0n) is 15.0. The third kappa shape index (κ3) is 4.11. The number of hydrogen-bond donors (Lipinski definition) is 1. The number of nitrogens with zero attached hydrogens (tertiary/aromatic N) is 3. The van der Waals surface area contributed by atoms with Crippen molar-refractivity contribution in [2.24, 2.45) is 0 Å². The minimum Gasteiger partial charge on any atom is -0.435 e. The topological polar surface area (TPSA) is 69.0 Å². The van der Waals surface area contributed by atoms with Gasteiger partial charge in [0.15, 0.2) is 5.69 Å². The molecule has 0 saturated heterocycles. The largest absolute Gasteiger partial charge is 0.435 e. The first kappa shape index (κ1) is 18.5. The summed E-state index contributed by atoms with van der Waals surface area (Å²) in [6, 6.07) is 11.6. The van der Waals surface area contributed by atoms with Crippen molar-refractivity contribution < 1.29 is 18.3 Å². The summed E-state index contributed by atoms with van der Waals surface area (Å²) in [5, 5.41) is 10.8. The molecule has 0 unspecified atom stereocenters.